The molecular formula is C14H20N4O4. The van der Waals surface area contributed by atoms with E-state index >= 15 is 0 Å². The van der Waals surface area contributed by atoms with Crippen molar-refractivity contribution in [3.63, 3.8) is 0 Å². The molecule has 0 saturated heterocycles. The zero-order valence-electron chi connectivity index (χ0n) is 12.3. The van der Waals surface area contributed by atoms with Crippen LogP contribution in [0.5, 0.6) is 5.75 Å². The van der Waals surface area contributed by atoms with Gasteiger partial charge in [0, 0.05) is 5.69 Å². The minimum atomic E-state index is -0.469. The molecule has 0 aliphatic rings. The Hall–Kier alpha value is -2.61. The molecule has 0 atom stereocenters. The van der Waals surface area contributed by atoms with Gasteiger partial charge in [0.25, 0.3) is 0 Å². The van der Waals surface area contributed by atoms with Gasteiger partial charge in [0.1, 0.15) is 5.75 Å². The van der Waals surface area contributed by atoms with Gasteiger partial charge in [-0.15, -0.1) is 0 Å². The highest BCUT2D eigenvalue weighted by Crippen LogP contribution is 2.15. The third-order valence-corrected chi connectivity index (χ3v) is 2.53. The van der Waals surface area contributed by atoms with Gasteiger partial charge < -0.3 is 26.4 Å². The molecule has 0 unspecified atom stereocenters. The molecule has 1 aromatic carbocycles. The average Bonchev–Trinajstić information content (AvgIpc) is 2.52. The van der Waals surface area contributed by atoms with Crippen LogP contribution in [0.15, 0.2) is 24.3 Å². The largest absolute Gasteiger partial charge is 0.494 e. The number of nitrogens with one attached hydrogen (secondary N) is 3. The highest BCUT2D eigenvalue weighted by atomic mass is 16.5. The fourth-order valence-corrected chi connectivity index (χ4v) is 1.50. The Kier molecular flexibility index (Phi) is 7.41. The summed E-state index contributed by atoms with van der Waals surface area (Å²) in [5.74, 6) is -0.565. The van der Waals surface area contributed by atoms with Gasteiger partial charge in [-0.1, -0.05) is 0 Å². The Morgan fingerprint density at radius 3 is 2.18 bits per heavy atom. The van der Waals surface area contributed by atoms with E-state index in [4.69, 9.17) is 10.5 Å². The van der Waals surface area contributed by atoms with Gasteiger partial charge in [0.15, 0.2) is 0 Å². The van der Waals surface area contributed by atoms with Crippen LogP contribution in [0.1, 0.15) is 6.92 Å². The topological polar surface area (TPSA) is 123 Å². The predicted molar refractivity (Wildman–Crippen MR) is 81.3 cm³/mol. The van der Waals surface area contributed by atoms with Crippen LogP contribution in [0.25, 0.3) is 0 Å². The summed E-state index contributed by atoms with van der Waals surface area (Å²) in [6.45, 7) is 1.86. The highest BCUT2D eigenvalue weighted by Gasteiger charge is 2.07. The normalized spacial score (nSPS) is 9.73. The zero-order valence-corrected chi connectivity index (χ0v) is 12.3. The van der Waals surface area contributed by atoms with Gasteiger partial charge in [-0.2, -0.15) is 0 Å². The van der Waals surface area contributed by atoms with E-state index in [2.05, 4.69) is 16.0 Å². The van der Waals surface area contributed by atoms with Crippen molar-refractivity contribution in [2.45, 2.75) is 6.92 Å². The van der Waals surface area contributed by atoms with Crippen molar-refractivity contribution in [1.82, 2.24) is 10.6 Å². The standard InChI is InChI=1S/C14H20N4O4/c1-2-22-11-5-3-10(4-6-11)18-14(21)9-17-13(20)8-16-12(19)7-15/h3-6H,2,7-9,15H2,1H3,(H,16,19)(H,17,20)(H,18,21). The minimum absolute atomic E-state index is 0.189. The maximum Gasteiger partial charge on any atom is 0.243 e. The fourth-order valence-electron chi connectivity index (χ4n) is 1.50. The summed E-state index contributed by atoms with van der Waals surface area (Å²) in [6.07, 6.45) is 0. The number of nitrogens with two attached hydrogens (primary N) is 1. The van der Waals surface area contributed by atoms with E-state index in [1.54, 1.807) is 24.3 Å². The second kappa shape index (κ2) is 9.35. The van der Waals surface area contributed by atoms with Crippen molar-refractivity contribution in [1.29, 1.82) is 0 Å². The summed E-state index contributed by atoms with van der Waals surface area (Å²) in [6, 6.07) is 6.87. The lowest BCUT2D eigenvalue weighted by Gasteiger charge is -2.08. The molecule has 3 amide bonds. The fraction of sp³-hybridized carbons (Fsp3) is 0.357. The number of ether oxygens (including phenoxy) is 1. The third-order valence-electron chi connectivity index (χ3n) is 2.53. The van der Waals surface area contributed by atoms with E-state index in [1.165, 1.54) is 0 Å². The SMILES string of the molecule is CCOc1ccc(NC(=O)CNC(=O)CNC(=O)CN)cc1. The van der Waals surface area contributed by atoms with Gasteiger partial charge in [-0.3, -0.25) is 14.4 Å². The molecule has 5 N–H and O–H groups in total. The van der Waals surface area contributed by atoms with Crippen LogP contribution in [-0.2, 0) is 14.4 Å². The van der Waals surface area contributed by atoms with Crippen LogP contribution in [0.3, 0.4) is 0 Å². The summed E-state index contributed by atoms with van der Waals surface area (Å²) in [5.41, 5.74) is 5.68. The summed E-state index contributed by atoms with van der Waals surface area (Å²) < 4.78 is 5.29. The average molecular weight is 308 g/mol. The summed E-state index contributed by atoms with van der Waals surface area (Å²) >= 11 is 0. The molecule has 22 heavy (non-hydrogen) atoms. The Bertz CT molecular complexity index is 516. The number of hydrogen-bond acceptors (Lipinski definition) is 5. The molecule has 0 aliphatic carbocycles. The number of benzene rings is 1. The molecule has 8 nitrogen and oxygen atoms in total. The van der Waals surface area contributed by atoms with Crippen LogP contribution < -0.4 is 26.4 Å². The van der Waals surface area contributed by atoms with E-state index in [0.29, 0.717) is 18.0 Å². The highest BCUT2D eigenvalue weighted by molar-refractivity contribution is 5.95. The first kappa shape index (κ1) is 17.4. The molecule has 0 fully saturated rings. The van der Waals surface area contributed by atoms with E-state index in [-0.39, 0.29) is 25.5 Å². The van der Waals surface area contributed by atoms with Crippen molar-refractivity contribution in [3.8, 4) is 5.75 Å². The van der Waals surface area contributed by atoms with Gasteiger partial charge >= 0.3 is 0 Å². The Morgan fingerprint density at radius 2 is 1.59 bits per heavy atom. The lowest BCUT2D eigenvalue weighted by Crippen LogP contribution is -2.41. The molecule has 0 saturated carbocycles. The molecule has 120 valence electrons. The van der Waals surface area contributed by atoms with Crippen molar-refractivity contribution in [2.24, 2.45) is 5.73 Å². The van der Waals surface area contributed by atoms with E-state index in [0.717, 1.165) is 0 Å². The number of hydrogen-bond donors (Lipinski definition) is 4. The summed E-state index contributed by atoms with van der Waals surface area (Å²) in [4.78, 5) is 33.9. The summed E-state index contributed by atoms with van der Waals surface area (Å²) in [7, 11) is 0. The number of carbonyl (C=O) groups is 3. The van der Waals surface area contributed by atoms with Gasteiger partial charge in [-0.05, 0) is 31.2 Å². The first-order chi connectivity index (χ1) is 10.5. The zero-order chi connectivity index (χ0) is 16.4. The van der Waals surface area contributed by atoms with Gasteiger partial charge in [0.2, 0.25) is 17.7 Å². The van der Waals surface area contributed by atoms with Crippen LogP contribution in [0, 0.1) is 0 Å². The molecular weight excluding hydrogens is 288 g/mol. The molecule has 0 spiro atoms. The number of carbonyl (C=O) groups excluding carboxylic acids is 3. The van der Waals surface area contributed by atoms with Crippen molar-refractivity contribution < 1.29 is 19.1 Å². The monoisotopic (exact) mass is 308 g/mol. The lowest BCUT2D eigenvalue weighted by atomic mass is 10.3. The maximum atomic E-state index is 11.7. The third kappa shape index (κ3) is 6.71. The predicted octanol–water partition coefficient (Wildman–Crippen LogP) is -0.785. The lowest BCUT2D eigenvalue weighted by molar-refractivity contribution is -0.126. The van der Waals surface area contributed by atoms with Crippen molar-refractivity contribution in [3.05, 3.63) is 24.3 Å². The first-order valence-corrected chi connectivity index (χ1v) is 6.81. The Labute approximate surface area is 128 Å². The van der Waals surface area contributed by atoms with Crippen LogP contribution in [0.4, 0.5) is 5.69 Å². The Morgan fingerprint density at radius 1 is 1.00 bits per heavy atom. The molecule has 1 aromatic rings. The first-order valence-electron chi connectivity index (χ1n) is 6.81. The quantitative estimate of drug-likeness (QED) is 0.501. The van der Waals surface area contributed by atoms with Crippen LogP contribution >= 0.6 is 0 Å². The number of amides is 3. The molecule has 0 aliphatic heterocycles. The van der Waals surface area contributed by atoms with E-state index in [9.17, 15) is 14.4 Å². The number of rotatable bonds is 8. The molecule has 1 rings (SSSR count). The van der Waals surface area contributed by atoms with E-state index < -0.39 is 11.8 Å². The van der Waals surface area contributed by atoms with Crippen molar-refractivity contribution in [2.75, 3.05) is 31.6 Å². The molecule has 8 heteroatoms. The second-order valence-electron chi connectivity index (χ2n) is 4.26. The maximum absolute atomic E-state index is 11.7. The van der Waals surface area contributed by atoms with Gasteiger partial charge in [-0.25, -0.2) is 0 Å². The summed E-state index contributed by atoms with van der Waals surface area (Å²) in [5, 5.41) is 7.31. The molecule has 0 heterocycles. The Balaban J connectivity index is 2.30. The number of anilines is 1. The van der Waals surface area contributed by atoms with Crippen LogP contribution in [-0.4, -0.2) is 44.0 Å². The minimum Gasteiger partial charge on any atom is -0.494 e. The molecule has 0 bridgehead atoms. The smallest absolute Gasteiger partial charge is 0.243 e. The second-order valence-corrected chi connectivity index (χ2v) is 4.26. The van der Waals surface area contributed by atoms with Crippen LogP contribution in [0.2, 0.25) is 0 Å². The van der Waals surface area contributed by atoms with Crippen molar-refractivity contribution >= 4 is 23.4 Å². The molecule has 0 aromatic heterocycles. The molecule has 0 radical (unpaired) electrons. The van der Waals surface area contributed by atoms with Gasteiger partial charge in [0.05, 0.1) is 26.2 Å². The van der Waals surface area contributed by atoms with E-state index in [1.807, 2.05) is 6.92 Å².